The summed E-state index contributed by atoms with van der Waals surface area (Å²) in [5.41, 5.74) is -0.00463. The first-order chi connectivity index (χ1) is 5.29. The standard InChI is InChI=1S/C7H15NO2Si/c1-4-5-7(6-8)11(9-2)10-3/h7,11H,4-5H2,1-3H3. The van der Waals surface area contributed by atoms with Crippen molar-refractivity contribution >= 4 is 9.28 Å². The van der Waals surface area contributed by atoms with Crippen molar-refractivity contribution in [1.82, 2.24) is 0 Å². The van der Waals surface area contributed by atoms with Crippen molar-refractivity contribution in [2.75, 3.05) is 14.2 Å². The Labute approximate surface area is 69.8 Å². The molecule has 0 aliphatic carbocycles. The molecule has 0 N–H and O–H groups in total. The van der Waals surface area contributed by atoms with Gasteiger partial charge in [-0.2, -0.15) is 5.26 Å². The minimum Gasteiger partial charge on any atom is -0.399 e. The lowest BCUT2D eigenvalue weighted by molar-refractivity contribution is 0.269. The highest BCUT2D eigenvalue weighted by molar-refractivity contribution is 6.47. The first-order valence-electron chi connectivity index (χ1n) is 3.75. The molecule has 1 unspecified atom stereocenters. The maximum atomic E-state index is 8.71. The summed E-state index contributed by atoms with van der Waals surface area (Å²) in [6.07, 6.45) is 1.89. The van der Waals surface area contributed by atoms with Crippen LogP contribution in [0.4, 0.5) is 0 Å². The zero-order valence-corrected chi connectivity index (χ0v) is 8.49. The highest BCUT2D eigenvalue weighted by Crippen LogP contribution is 2.16. The van der Waals surface area contributed by atoms with Crippen molar-refractivity contribution in [2.45, 2.75) is 25.3 Å². The molecule has 0 aromatic rings. The molecule has 0 amide bonds. The Morgan fingerprint density at radius 2 is 2.00 bits per heavy atom. The second-order valence-electron chi connectivity index (χ2n) is 2.36. The van der Waals surface area contributed by atoms with Gasteiger partial charge >= 0.3 is 9.28 Å². The lowest BCUT2D eigenvalue weighted by Gasteiger charge is -2.15. The molecule has 0 heterocycles. The molecule has 0 radical (unpaired) electrons. The van der Waals surface area contributed by atoms with Gasteiger partial charge in [-0.3, -0.25) is 0 Å². The Balaban J connectivity index is 3.89. The molecule has 0 rings (SSSR count). The van der Waals surface area contributed by atoms with E-state index in [4.69, 9.17) is 14.1 Å². The summed E-state index contributed by atoms with van der Waals surface area (Å²) < 4.78 is 10.2. The third-order valence-electron chi connectivity index (χ3n) is 1.56. The molecule has 11 heavy (non-hydrogen) atoms. The normalized spacial score (nSPS) is 13.0. The molecule has 0 spiro atoms. The Kier molecular flexibility index (Phi) is 6.13. The van der Waals surface area contributed by atoms with Crippen molar-refractivity contribution in [3.63, 3.8) is 0 Å². The van der Waals surface area contributed by atoms with Gasteiger partial charge in [-0.1, -0.05) is 13.3 Å². The summed E-state index contributed by atoms with van der Waals surface area (Å²) in [7, 11) is 1.54. The summed E-state index contributed by atoms with van der Waals surface area (Å²) in [6.45, 7) is 2.06. The molecule has 0 bridgehead atoms. The fourth-order valence-corrected chi connectivity index (χ4v) is 2.57. The Hall–Kier alpha value is -0.373. The molecular formula is C7H15NO2Si. The lowest BCUT2D eigenvalue weighted by Crippen LogP contribution is -2.25. The Morgan fingerprint density at radius 3 is 2.27 bits per heavy atom. The number of hydrogen-bond donors (Lipinski definition) is 0. The van der Waals surface area contributed by atoms with E-state index in [1.165, 1.54) is 0 Å². The average molecular weight is 173 g/mol. The van der Waals surface area contributed by atoms with Crippen LogP contribution in [-0.4, -0.2) is 23.5 Å². The van der Waals surface area contributed by atoms with Gasteiger partial charge in [0, 0.05) is 14.2 Å². The van der Waals surface area contributed by atoms with E-state index in [1.54, 1.807) is 14.2 Å². The maximum absolute atomic E-state index is 8.71. The number of nitriles is 1. The van der Waals surface area contributed by atoms with Gasteiger partial charge in [0.15, 0.2) is 0 Å². The fourth-order valence-electron chi connectivity index (χ4n) is 0.997. The predicted octanol–water partition coefficient (Wildman–Crippen LogP) is 1.19. The van der Waals surface area contributed by atoms with Crippen LogP contribution < -0.4 is 0 Å². The van der Waals surface area contributed by atoms with E-state index >= 15 is 0 Å². The van der Waals surface area contributed by atoms with Gasteiger partial charge in [-0.15, -0.1) is 0 Å². The lowest BCUT2D eigenvalue weighted by atomic mass is 10.3. The summed E-state index contributed by atoms with van der Waals surface area (Å²) in [5, 5.41) is 8.71. The van der Waals surface area contributed by atoms with Crippen molar-refractivity contribution in [1.29, 1.82) is 5.26 Å². The quantitative estimate of drug-likeness (QED) is 0.586. The maximum Gasteiger partial charge on any atom is 0.338 e. The molecule has 3 nitrogen and oxygen atoms in total. The predicted molar refractivity (Wildman–Crippen MR) is 45.4 cm³/mol. The highest BCUT2D eigenvalue weighted by atomic mass is 28.3. The van der Waals surface area contributed by atoms with Crippen molar-refractivity contribution in [3.8, 4) is 6.07 Å². The SMILES string of the molecule is CCCC(C#N)[SiH](OC)OC. The third-order valence-corrected chi connectivity index (χ3v) is 3.63. The van der Waals surface area contributed by atoms with E-state index in [1.807, 2.05) is 0 Å². The molecule has 64 valence electrons. The summed E-state index contributed by atoms with van der Waals surface area (Å²) in [5.74, 6) is 0. The van der Waals surface area contributed by atoms with Gasteiger partial charge in [0.1, 0.15) is 0 Å². The molecule has 0 saturated carbocycles. The largest absolute Gasteiger partial charge is 0.399 e. The molecule has 0 aromatic carbocycles. The van der Waals surface area contributed by atoms with Crippen LogP contribution in [0.1, 0.15) is 19.8 Å². The van der Waals surface area contributed by atoms with Crippen LogP contribution in [0, 0.1) is 11.3 Å². The van der Waals surface area contributed by atoms with Crippen molar-refractivity contribution < 1.29 is 8.85 Å². The van der Waals surface area contributed by atoms with Crippen LogP contribution in [-0.2, 0) is 8.85 Å². The number of rotatable bonds is 5. The van der Waals surface area contributed by atoms with E-state index in [0.29, 0.717) is 0 Å². The summed E-state index contributed by atoms with van der Waals surface area (Å²) >= 11 is 0. The number of hydrogen-bond acceptors (Lipinski definition) is 3. The zero-order valence-electron chi connectivity index (χ0n) is 7.33. The van der Waals surface area contributed by atoms with Gasteiger partial charge < -0.3 is 8.85 Å². The third kappa shape index (κ3) is 3.51. The van der Waals surface area contributed by atoms with Gasteiger partial charge in [0.25, 0.3) is 0 Å². The van der Waals surface area contributed by atoms with Gasteiger partial charge in [0.05, 0.1) is 11.6 Å². The first-order valence-corrected chi connectivity index (χ1v) is 5.36. The van der Waals surface area contributed by atoms with Crippen LogP contribution in [0.5, 0.6) is 0 Å². The van der Waals surface area contributed by atoms with Crippen LogP contribution >= 0.6 is 0 Å². The first kappa shape index (κ1) is 10.6. The van der Waals surface area contributed by atoms with E-state index in [9.17, 15) is 0 Å². The van der Waals surface area contributed by atoms with Crippen LogP contribution in [0.15, 0.2) is 0 Å². The van der Waals surface area contributed by atoms with Crippen molar-refractivity contribution in [2.24, 2.45) is 0 Å². The Morgan fingerprint density at radius 1 is 1.45 bits per heavy atom. The van der Waals surface area contributed by atoms with Crippen LogP contribution in [0.25, 0.3) is 0 Å². The van der Waals surface area contributed by atoms with E-state index in [0.717, 1.165) is 12.8 Å². The highest BCUT2D eigenvalue weighted by Gasteiger charge is 2.22. The van der Waals surface area contributed by atoms with Crippen molar-refractivity contribution in [3.05, 3.63) is 0 Å². The average Bonchev–Trinajstić information content (AvgIpc) is 2.05. The van der Waals surface area contributed by atoms with E-state index in [-0.39, 0.29) is 5.54 Å². The van der Waals surface area contributed by atoms with E-state index < -0.39 is 9.28 Å². The summed E-state index contributed by atoms with van der Waals surface area (Å²) in [6, 6.07) is 2.22. The van der Waals surface area contributed by atoms with Gasteiger partial charge in [-0.25, -0.2) is 0 Å². The minimum atomic E-state index is -1.69. The fraction of sp³-hybridized carbons (Fsp3) is 0.857. The molecule has 0 aromatic heterocycles. The van der Waals surface area contributed by atoms with E-state index in [2.05, 4.69) is 13.0 Å². The van der Waals surface area contributed by atoms with Gasteiger partial charge in [-0.05, 0) is 6.42 Å². The molecule has 4 heteroatoms. The molecule has 0 fully saturated rings. The van der Waals surface area contributed by atoms with Crippen LogP contribution in [0.2, 0.25) is 5.54 Å². The zero-order chi connectivity index (χ0) is 8.69. The molecule has 1 atom stereocenters. The number of nitrogens with zero attached hydrogens (tertiary/aromatic N) is 1. The smallest absolute Gasteiger partial charge is 0.338 e. The Bertz CT molecular complexity index is 131. The second-order valence-corrected chi connectivity index (χ2v) is 4.85. The summed E-state index contributed by atoms with van der Waals surface area (Å²) in [4.78, 5) is 0. The topological polar surface area (TPSA) is 42.2 Å². The molecule has 0 aliphatic heterocycles. The molecule has 0 saturated heterocycles. The molecule has 0 aliphatic rings. The molecular weight excluding hydrogens is 158 g/mol. The second kappa shape index (κ2) is 6.34. The monoisotopic (exact) mass is 173 g/mol. The minimum absolute atomic E-state index is 0.00463. The van der Waals surface area contributed by atoms with Crippen LogP contribution in [0.3, 0.4) is 0 Å². The van der Waals surface area contributed by atoms with Gasteiger partial charge in [0.2, 0.25) is 0 Å².